The number of amidine groups is 1. The summed E-state index contributed by atoms with van der Waals surface area (Å²) in [6, 6.07) is 0. The van der Waals surface area contributed by atoms with Crippen molar-refractivity contribution < 1.29 is 4.58 Å². The molecule has 0 rings (SSSR count). The Bertz CT molecular complexity index is 125. The third-order valence-electron chi connectivity index (χ3n) is 1.89. The van der Waals surface area contributed by atoms with E-state index in [1.807, 2.05) is 0 Å². The molecule has 0 aromatic carbocycles. The van der Waals surface area contributed by atoms with Gasteiger partial charge in [0.25, 0.3) is 0 Å². The van der Waals surface area contributed by atoms with Crippen LogP contribution in [0.4, 0.5) is 0 Å². The van der Waals surface area contributed by atoms with E-state index in [9.17, 15) is 0 Å². The first-order valence-electron chi connectivity index (χ1n) is 4.99. The highest BCUT2D eigenvalue weighted by atomic mass is 15.1. The first kappa shape index (κ1) is 11.5. The van der Waals surface area contributed by atoms with Crippen LogP contribution in [-0.4, -0.2) is 31.1 Å². The van der Waals surface area contributed by atoms with Gasteiger partial charge in [-0.1, -0.05) is 20.3 Å². The molecule has 0 bridgehead atoms. The van der Waals surface area contributed by atoms with Crippen molar-refractivity contribution in [3.05, 3.63) is 0 Å². The Labute approximate surface area is 76.7 Å². The molecule has 0 saturated heterocycles. The van der Waals surface area contributed by atoms with Crippen molar-refractivity contribution in [3.63, 3.8) is 0 Å². The summed E-state index contributed by atoms with van der Waals surface area (Å²) in [6.07, 6.45) is 4.93. The second-order valence-electron chi connectivity index (χ2n) is 3.37. The summed E-state index contributed by atoms with van der Waals surface area (Å²) in [7, 11) is 4.21. The molecule has 0 spiro atoms. The van der Waals surface area contributed by atoms with Gasteiger partial charge in [0.1, 0.15) is 0 Å². The molecule has 0 radical (unpaired) electrons. The predicted molar refractivity (Wildman–Crippen MR) is 54.9 cm³/mol. The van der Waals surface area contributed by atoms with E-state index in [0.29, 0.717) is 0 Å². The molecule has 12 heavy (non-hydrogen) atoms. The number of nitrogens with zero attached hydrogens (tertiary/aromatic N) is 1. The van der Waals surface area contributed by atoms with Crippen LogP contribution in [0, 0.1) is 0 Å². The van der Waals surface area contributed by atoms with Crippen molar-refractivity contribution in [3.8, 4) is 0 Å². The van der Waals surface area contributed by atoms with Crippen molar-refractivity contribution in [2.45, 2.75) is 39.5 Å². The molecule has 0 heterocycles. The summed E-state index contributed by atoms with van der Waals surface area (Å²) >= 11 is 0. The van der Waals surface area contributed by atoms with Gasteiger partial charge in [0.05, 0.1) is 20.6 Å². The van der Waals surface area contributed by atoms with Gasteiger partial charge in [-0.25, -0.2) is 0 Å². The Hall–Kier alpha value is -0.530. The van der Waals surface area contributed by atoms with Gasteiger partial charge in [-0.15, -0.1) is 0 Å². The Kier molecular flexibility index (Phi) is 6.82. The van der Waals surface area contributed by atoms with Gasteiger partial charge in [0, 0.05) is 6.42 Å². The zero-order valence-electron chi connectivity index (χ0n) is 8.98. The van der Waals surface area contributed by atoms with Crippen LogP contribution in [0.15, 0.2) is 0 Å². The fraction of sp³-hybridized carbons (Fsp3) is 0.900. The summed E-state index contributed by atoms with van der Waals surface area (Å²) in [4.78, 5) is 0. The van der Waals surface area contributed by atoms with Crippen molar-refractivity contribution in [2.24, 2.45) is 0 Å². The fourth-order valence-corrected chi connectivity index (χ4v) is 1.08. The fourth-order valence-electron chi connectivity index (χ4n) is 1.08. The third kappa shape index (κ3) is 5.16. The molecule has 0 aliphatic heterocycles. The van der Waals surface area contributed by atoms with E-state index in [1.54, 1.807) is 0 Å². The summed E-state index contributed by atoms with van der Waals surface area (Å²) in [6.45, 7) is 5.52. The highest BCUT2D eigenvalue weighted by Gasteiger charge is 2.04. The monoisotopic (exact) mass is 171 g/mol. The number of unbranched alkanes of at least 4 members (excludes halogenated alkanes) is 1. The van der Waals surface area contributed by atoms with Crippen molar-refractivity contribution in [1.82, 2.24) is 5.32 Å². The molecule has 0 aliphatic carbocycles. The SMILES string of the molecule is CCCCC(NCCC)=[N+](C)C. The Morgan fingerprint density at radius 1 is 1.17 bits per heavy atom. The normalized spacial score (nSPS) is 9.67. The molecule has 2 heteroatoms. The Balaban J connectivity index is 3.80. The van der Waals surface area contributed by atoms with Gasteiger partial charge < -0.3 is 0 Å². The lowest BCUT2D eigenvalue weighted by atomic mass is 10.2. The highest BCUT2D eigenvalue weighted by Crippen LogP contribution is 1.94. The zero-order chi connectivity index (χ0) is 9.40. The second-order valence-corrected chi connectivity index (χ2v) is 3.37. The number of hydrogen-bond donors (Lipinski definition) is 1. The molecule has 0 amide bonds. The van der Waals surface area contributed by atoms with E-state index < -0.39 is 0 Å². The van der Waals surface area contributed by atoms with E-state index in [0.717, 1.165) is 6.54 Å². The second kappa shape index (κ2) is 7.14. The summed E-state index contributed by atoms with van der Waals surface area (Å²) < 4.78 is 2.19. The maximum Gasteiger partial charge on any atom is 0.244 e. The Morgan fingerprint density at radius 3 is 2.25 bits per heavy atom. The molecule has 0 aromatic heterocycles. The number of rotatable bonds is 5. The minimum atomic E-state index is 1.09. The molecule has 0 aromatic rings. The third-order valence-corrected chi connectivity index (χ3v) is 1.89. The van der Waals surface area contributed by atoms with Crippen LogP contribution in [0.5, 0.6) is 0 Å². The van der Waals surface area contributed by atoms with Crippen LogP contribution >= 0.6 is 0 Å². The smallest absolute Gasteiger partial charge is 0.244 e. The molecule has 0 fully saturated rings. The molecule has 2 nitrogen and oxygen atoms in total. The quantitative estimate of drug-likeness (QED) is 0.379. The maximum absolute atomic E-state index is 3.45. The number of hydrogen-bond acceptors (Lipinski definition) is 0. The molecular formula is C10H23N2+. The van der Waals surface area contributed by atoms with Gasteiger partial charge in [-0.3, -0.25) is 9.89 Å². The van der Waals surface area contributed by atoms with Gasteiger partial charge in [-0.05, 0) is 12.8 Å². The molecule has 72 valence electrons. The molecule has 0 saturated carbocycles. The van der Waals surface area contributed by atoms with Crippen LogP contribution in [0.2, 0.25) is 0 Å². The van der Waals surface area contributed by atoms with Crippen LogP contribution in [0.1, 0.15) is 39.5 Å². The minimum Gasteiger partial charge on any atom is -0.278 e. The van der Waals surface area contributed by atoms with E-state index in [1.165, 1.54) is 31.5 Å². The molecule has 0 unspecified atom stereocenters. The van der Waals surface area contributed by atoms with Crippen molar-refractivity contribution in [2.75, 3.05) is 20.6 Å². The Morgan fingerprint density at radius 2 is 1.83 bits per heavy atom. The molecule has 0 atom stereocenters. The first-order chi connectivity index (χ1) is 5.72. The molecule has 0 aliphatic rings. The van der Waals surface area contributed by atoms with Gasteiger partial charge in [-0.2, -0.15) is 0 Å². The zero-order valence-corrected chi connectivity index (χ0v) is 8.98. The van der Waals surface area contributed by atoms with Gasteiger partial charge in [0.2, 0.25) is 5.84 Å². The summed E-state index contributed by atoms with van der Waals surface area (Å²) in [5, 5.41) is 3.45. The van der Waals surface area contributed by atoms with E-state index in [2.05, 4.69) is 37.8 Å². The van der Waals surface area contributed by atoms with Gasteiger partial charge in [0.15, 0.2) is 0 Å². The van der Waals surface area contributed by atoms with Crippen LogP contribution in [0.3, 0.4) is 0 Å². The maximum atomic E-state index is 3.45. The van der Waals surface area contributed by atoms with Crippen LogP contribution < -0.4 is 5.32 Å². The van der Waals surface area contributed by atoms with Crippen LogP contribution in [-0.2, 0) is 0 Å². The lowest BCUT2D eigenvalue weighted by Crippen LogP contribution is -2.31. The predicted octanol–water partition coefficient (Wildman–Crippen LogP) is 1.85. The minimum absolute atomic E-state index is 1.09. The first-order valence-corrected chi connectivity index (χ1v) is 4.99. The van der Waals surface area contributed by atoms with Crippen molar-refractivity contribution in [1.29, 1.82) is 0 Å². The molecular weight excluding hydrogens is 148 g/mol. The largest absolute Gasteiger partial charge is 0.278 e. The van der Waals surface area contributed by atoms with E-state index >= 15 is 0 Å². The summed E-state index contributed by atoms with van der Waals surface area (Å²) in [5.41, 5.74) is 0. The summed E-state index contributed by atoms with van der Waals surface area (Å²) in [5.74, 6) is 1.37. The molecule has 1 N–H and O–H groups in total. The topological polar surface area (TPSA) is 15.0 Å². The van der Waals surface area contributed by atoms with E-state index in [-0.39, 0.29) is 0 Å². The average molecular weight is 171 g/mol. The number of nitrogens with one attached hydrogen (secondary N) is 1. The van der Waals surface area contributed by atoms with Crippen LogP contribution in [0.25, 0.3) is 0 Å². The van der Waals surface area contributed by atoms with E-state index in [4.69, 9.17) is 0 Å². The van der Waals surface area contributed by atoms with Crippen molar-refractivity contribution >= 4 is 5.84 Å². The van der Waals surface area contributed by atoms with Gasteiger partial charge >= 0.3 is 0 Å². The highest BCUT2D eigenvalue weighted by molar-refractivity contribution is 5.77. The lowest BCUT2D eigenvalue weighted by molar-refractivity contribution is -0.468. The standard InChI is InChI=1S/C10H22N2/c1-5-7-8-10(12(3)4)11-9-6-2/h5-9H2,1-4H3/p+1. The average Bonchev–Trinajstić information content (AvgIpc) is 2.04. The lowest BCUT2D eigenvalue weighted by Gasteiger charge is -2.04.